The maximum atomic E-state index is 12.5. The van der Waals surface area contributed by atoms with E-state index in [1.165, 1.54) is 0 Å². The molecule has 0 saturated carbocycles. The number of halogens is 6. The summed E-state index contributed by atoms with van der Waals surface area (Å²) in [5.41, 5.74) is -3.66. The molecule has 9 heteroatoms. The second kappa shape index (κ2) is 4.70. The molecule has 0 aromatic carbocycles. The molecule has 1 rings (SSSR count). The summed E-state index contributed by atoms with van der Waals surface area (Å²) in [6.45, 7) is 0. The largest absolute Gasteiger partial charge is 0.476 e. The van der Waals surface area contributed by atoms with Gasteiger partial charge in [0.05, 0.1) is 11.1 Å². The van der Waals surface area contributed by atoms with Crippen molar-refractivity contribution in [1.29, 1.82) is 0 Å². The maximum Gasteiger partial charge on any atom is 0.418 e. The van der Waals surface area contributed by atoms with Gasteiger partial charge >= 0.3 is 12.1 Å². The van der Waals surface area contributed by atoms with Crippen molar-refractivity contribution < 1.29 is 31.9 Å². The molecular formula is C8H3F5INO2. The van der Waals surface area contributed by atoms with Crippen LogP contribution in [0.5, 0.6) is 0 Å². The van der Waals surface area contributed by atoms with Crippen LogP contribution < -0.4 is 0 Å². The zero-order valence-electron chi connectivity index (χ0n) is 7.73. The van der Waals surface area contributed by atoms with Crippen molar-refractivity contribution in [3.05, 3.63) is 26.6 Å². The summed E-state index contributed by atoms with van der Waals surface area (Å²) < 4.78 is 61.4. The molecule has 0 atom stereocenters. The first kappa shape index (κ1) is 14.1. The highest BCUT2D eigenvalue weighted by Gasteiger charge is 2.37. The number of carbonyl (C=O) groups is 1. The van der Waals surface area contributed by atoms with Crippen molar-refractivity contribution >= 4 is 28.6 Å². The standard InChI is InChI=1S/C8H3F5INO2/c9-6(10)3-4(14)2(8(11,12)13)1-15-5(3)7(16)17/h1,6H,(H,16,17). The topological polar surface area (TPSA) is 50.2 Å². The summed E-state index contributed by atoms with van der Waals surface area (Å²) in [6, 6.07) is 0. The number of hydrogen-bond donors (Lipinski definition) is 1. The molecule has 1 aromatic rings. The number of aromatic carboxylic acids is 1. The fraction of sp³-hybridized carbons (Fsp3) is 0.250. The molecular weight excluding hydrogens is 364 g/mol. The van der Waals surface area contributed by atoms with E-state index in [9.17, 15) is 26.7 Å². The lowest BCUT2D eigenvalue weighted by molar-refractivity contribution is -0.138. The van der Waals surface area contributed by atoms with Crippen molar-refractivity contribution in [3.8, 4) is 0 Å². The summed E-state index contributed by atoms with van der Waals surface area (Å²) >= 11 is 1.04. The van der Waals surface area contributed by atoms with Crippen LogP contribution in [-0.2, 0) is 6.18 Å². The van der Waals surface area contributed by atoms with Crippen LogP contribution >= 0.6 is 22.6 Å². The summed E-state index contributed by atoms with van der Waals surface area (Å²) in [5, 5.41) is 8.55. The van der Waals surface area contributed by atoms with E-state index in [4.69, 9.17) is 5.11 Å². The summed E-state index contributed by atoms with van der Waals surface area (Å²) in [5.74, 6) is -1.80. The number of pyridine rings is 1. The van der Waals surface area contributed by atoms with Gasteiger partial charge in [0.1, 0.15) is 0 Å². The molecule has 0 fully saturated rings. The molecule has 0 bridgehead atoms. The van der Waals surface area contributed by atoms with Gasteiger partial charge in [-0.15, -0.1) is 0 Å². The summed E-state index contributed by atoms with van der Waals surface area (Å²) in [4.78, 5) is 13.5. The van der Waals surface area contributed by atoms with Gasteiger partial charge in [-0.05, 0) is 22.6 Å². The fourth-order valence-corrected chi connectivity index (χ4v) is 2.01. The minimum Gasteiger partial charge on any atom is -0.476 e. The molecule has 1 heterocycles. The van der Waals surface area contributed by atoms with Gasteiger partial charge in [-0.25, -0.2) is 18.6 Å². The molecule has 3 nitrogen and oxygen atoms in total. The molecule has 0 unspecified atom stereocenters. The monoisotopic (exact) mass is 367 g/mol. The van der Waals surface area contributed by atoms with Crippen LogP contribution in [0, 0.1) is 3.57 Å². The van der Waals surface area contributed by atoms with Crippen molar-refractivity contribution in [1.82, 2.24) is 4.98 Å². The first-order chi connectivity index (χ1) is 7.66. The zero-order chi connectivity index (χ0) is 13.4. The number of carboxylic acids is 1. The quantitative estimate of drug-likeness (QED) is 0.645. The van der Waals surface area contributed by atoms with Gasteiger partial charge < -0.3 is 5.11 Å². The van der Waals surface area contributed by atoms with Crippen LogP contribution in [-0.4, -0.2) is 16.1 Å². The van der Waals surface area contributed by atoms with Crippen LogP contribution in [0.4, 0.5) is 22.0 Å². The lowest BCUT2D eigenvalue weighted by Crippen LogP contribution is -2.15. The molecule has 0 spiro atoms. The molecule has 0 saturated heterocycles. The van der Waals surface area contributed by atoms with E-state index in [2.05, 4.69) is 4.98 Å². The molecule has 0 amide bonds. The third kappa shape index (κ3) is 2.82. The van der Waals surface area contributed by atoms with Gasteiger partial charge in [0.15, 0.2) is 5.69 Å². The number of alkyl halides is 5. The van der Waals surface area contributed by atoms with Gasteiger partial charge in [-0.3, -0.25) is 0 Å². The van der Waals surface area contributed by atoms with E-state index in [0.29, 0.717) is 0 Å². The number of hydrogen-bond acceptors (Lipinski definition) is 2. The summed E-state index contributed by atoms with van der Waals surface area (Å²) in [6.07, 6.45) is -7.97. The number of rotatable bonds is 2. The molecule has 1 N–H and O–H groups in total. The SMILES string of the molecule is O=C(O)c1ncc(C(F)(F)F)c(I)c1C(F)F. The summed E-state index contributed by atoms with van der Waals surface area (Å²) in [7, 11) is 0. The fourth-order valence-electron chi connectivity index (χ4n) is 1.07. The van der Waals surface area contributed by atoms with Gasteiger partial charge in [-0.2, -0.15) is 13.2 Å². The van der Waals surface area contributed by atoms with E-state index in [1.807, 2.05) is 0 Å². The minimum atomic E-state index is -4.86. The Balaban J connectivity index is 3.55. The average molecular weight is 367 g/mol. The maximum absolute atomic E-state index is 12.5. The van der Waals surface area contributed by atoms with Gasteiger partial charge in [0.2, 0.25) is 0 Å². The number of nitrogens with zero attached hydrogens (tertiary/aromatic N) is 1. The van der Waals surface area contributed by atoms with E-state index in [-0.39, 0.29) is 6.20 Å². The van der Waals surface area contributed by atoms with Crippen molar-refractivity contribution in [2.75, 3.05) is 0 Å². The molecule has 17 heavy (non-hydrogen) atoms. The van der Waals surface area contributed by atoms with Crippen molar-refractivity contribution in [2.45, 2.75) is 12.6 Å². The van der Waals surface area contributed by atoms with Crippen LogP contribution in [0.15, 0.2) is 6.20 Å². The predicted molar refractivity (Wildman–Crippen MR) is 53.9 cm³/mol. The first-order valence-electron chi connectivity index (χ1n) is 3.93. The Morgan fingerprint density at radius 2 is 1.94 bits per heavy atom. The second-order valence-corrected chi connectivity index (χ2v) is 3.93. The smallest absolute Gasteiger partial charge is 0.418 e. The van der Waals surface area contributed by atoms with Crippen LogP contribution in [0.25, 0.3) is 0 Å². The van der Waals surface area contributed by atoms with Gasteiger partial charge in [0.25, 0.3) is 6.43 Å². The van der Waals surface area contributed by atoms with E-state index >= 15 is 0 Å². The van der Waals surface area contributed by atoms with Gasteiger partial charge in [0, 0.05) is 9.77 Å². The van der Waals surface area contributed by atoms with Crippen molar-refractivity contribution in [2.24, 2.45) is 0 Å². The minimum absolute atomic E-state index is 0.233. The average Bonchev–Trinajstić information content (AvgIpc) is 2.13. The Morgan fingerprint density at radius 3 is 2.29 bits per heavy atom. The predicted octanol–water partition coefficient (Wildman–Crippen LogP) is 3.34. The Bertz CT molecular complexity index is 460. The van der Waals surface area contributed by atoms with E-state index < -0.39 is 39.0 Å². The Labute approximate surface area is 105 Å². The van der Waals surface area contributed by atoms with E-state index in [1.54, 1.807) is 0 Å². The molecule has 0 aliphatic carbocycles. The highest BCUT2D eigenvalue weighted by atomic mass is 127. The van der Waals surface area contributed by atoms with Crippen LogP contribution in [0.2, 0.25) is 0 Å². The molecule has 0 aliphatic rings. The van der Waals surface area contributed by atoms with E-state index in [0.717, 1.165) is 22.6 Å². The Kier molecular flexibility index (Phi) is 3.89. The third-order valence-electron chi connectivity index (χ3n) is 1.78. The Hall–Kier alpha value is -1.00. The van der Waals surface area contributed by atoms with Gasteiger partial charge in [-0.1, -0.05) is 0 Å². The first-order valence-corrected chi connectivity index (χ1v) is 5.01. The highest BCUT2D eigenvalue weighted by Crippen LogP contribution is 2.37. The number of carboxylic acid groups (broad SMARTS) is 1. The second-order valence-electron chi connectivity index (χ2n) is 2.85. The normalized spacial score (nSPS) is 11.9. The molecule has 94 valence electrons. The zero-order valence-corrected chi connectivity index (χ0v) is 9.88. The Morgan fingerprint density at radius 1 is 1.41 bits per heavy atom. The lowest BCUT2D eigenvalue weighted by Gasteiger charge is -2.13. The molecule has 0 radical (unpaired) electrons. The third-order valence-corrected chi connectivity index (χ3v) is 2.94. The highest BCUT2D eigenvalue weighted by molar-refractivity contribution is 14.1. The molecule has 0 aliphatic heterocycles. The van der Waals surface area contributed by atoms with Crippen LogP contribution in [0.1, 0.15) is 28.0 Å². The molecule has 1 aromatic heterocycles. The lowest BCUT2D eigenvalue weighted by atomic mass is 10.1. The van der Waals surface area contributed by atoms with Crippen LogP contribution in [0.3, 0.4) is 0 Å². The number of aromatic nitrogens is 1. The van der Waals surface area contributed by atoms with Crippen molar-refractivity contribution in [3.63, 3.8) is 0 Å².